The molecule has 1 fully saturated rings. The maximum atomic E-state index is 12.3. The van der Waals surface area contributed by atoms with E-state index in [9.17, 15) is 9.59 Å². The molecule has 1 aliphatic rings. The van der Waals surface area contributed by atoms with Gasteiger partial charge in [0.05, 0.1) is 6.54 Å². The van der Waals surface area contributed by atoms with Gasteiger partial charge in [0.2, 0.25) is 5.91 Å². The molecule has 3 nitrogen and oxygen atoms in total. The van der Waals surface area contributed by atoms with Crippen LogP contribution in [0, 0.1) is 19.8 Å². The molecule has 1 aromatic rings. The third-order valence-corrected chi connectivity index (χ3v) is 4.01. The smallest absolute Gasteiger partial charge is 0.223 e. The molecular formula is C17H23NO2. The Balaban J connectivity index is 2.03. The Hall–Kier alpha value is -1.64. The van der Waals surface area contributed by atoms with E-state index < -0.39 is 0 Å². The lowest BCUT2D eigenvalue weighted by atomic mass is 10.0. The van der Waals surface area contributed by atoms with Crippen molar-refractivity contribution in [1.82, 2.24) is 4.90 Å². The van der Waals surface area contributed by atoms with Crippen molar-refractivity contribution in [3.63, 3.8) is 0 Å². The lowest BCUT2D eigenvalue weighted by Crippen LogP contribution is -2.31. The quantitative estimate of drug-likeness (QED) is 0.773. The van der Waals surface area contributed by atoms with Gasteiger partial charge in [0, 0.05) is 18.5 Å². The maximum absolute atomic E-state index is 12.3. The first-order valence-electron chi connectivity index (χ1n) is 7.39. The highest BCUT2D eigenvalue weighted by molar-refractivity contribution is 6.00. The van der Waals surface area contributed by atoms with E-state index in [1.807, 2.05) is 32.0 Å². The summed E-state index contributed by atoms with van der Waals surface area (Å²) in [7, 11) is 0. The molecule has 1 aliphatic heterocycles. The van der Waals surface area contributed by atoms with Gasteiger partial charge in [-0.25, -0.2) is 0 Å². The van der Waals surface area contributed by atoms with Gasteiger partial charge in [0.15, 0.2) is 5.78 Å². The maximum Gasteiger partial charge on any atom is 0.223 e. The molecule has 1 aromatic carbocycles. The van der Waals surface area contributed by atoms with Gasteiger partial charge in [0.1, 0.15) is 0 Å². The van der Waals surface area contributed by atoms with Crippen molar-refractivity contribution in [2.75, 3.05) is 13.1 Å². The van der Waals surface area contributed by atoms with Crippen LogP contribution in [0.1, 0.15) is 47.7 Å². The minimum atomic E-state index is 0.0491. The minimum Gasteiger partial charge on any atom is -0.335 e. The van der Waals surface area contributed by atoms with Crippen LogP contribution in [-0.2, 0) is 4.79 Å². The summed E-state index contributed by atoms with van der Waals surface area (Å²) in [6, 6.07) is 5.84. The third-order valence-electron chi connectivity index (χ3n) is 4.01. The number of carbonyl (C=O) groups excluding carboxylic acids is 2. The van der Waals surface area contributed by atoms with Gasteiger partial charge in [-0.05, 0) is 31.7 Å². The van der Waals surface area contributed by atoms with E-state index in [1.165, 1.54) is 0 Å². The molecule has 1 unspecified atom stereocenters. The monoisotopic (exact) mass is 273 g/mol. The molecule has 0 N–H and O–H groups in total. The zero-order valence-electron chi connectivity index (χ0n) is 12.6. The fraction of sp³-hybridized carbons (Fsp3) is 0.529. The number of nitrogens with zero attached hydrogens (tertiary/aromatic N) is 1. The first-order chi connectivity index (χ1) is 9.51. The van der Waals surface area contributed by atoms with Crippen molar-refractivity contribution in [1.29, 1.82) is 0 Å². The molecule has 0 saturated carbocycles. The Kier molecular flexibility index (Phi) is 4.58. The molecule has 108 valence electrons. The molecule has 0 radical (unpaired) electrons. The van der Waals surface area contributed by atoms with Gasteiger partial charge in [-0.15, -0.1) is 0 Å². The second kappa shape index (κ2) is 6.21. The van der Waals surface area contributed by atoms with Gasteiger partial charge < -0.3 is 4.90 Å². The van der Waals surface area contributed by atoms with E-state index in [-0.39, 0.29) is 18.2 Å². The number of ketones is 1. The van der Waals surface area contributed by atoms with Crippen LogP contribution in [0.2, 0.25) is 0 Å². The van der Waals surface area contributed by atoms with Crippen molar-refractivity contribution in [2.45, 2.75) is 40.0 Å². The summed E-state index contributed by atoms with van der Waals surface area (Å²) < 4.78 is 0. The number of rotatable bonds is 5. The number of likely N-dealkylation sites (tertiary alicyclic amines) is 1. The number of Topliss-reactive ketones (excluding diaryl/α,β-unsaturated/α-hetero) is 1. The molecule has 0 aromatic heterocycles. The number of benzene rings is 1. The second-order valence-corrected chi connectivity index (χ2v) is 5.87. The standard InChI is InChI=1S/C17H23NO2/c1-4-5-14-9-17(20)18(10-14)11-16(19)15-7-6-12(2)8-13(15)3/h6-8,14H,4-5,9-11H2,1-3H3. The van der Waals surface area contributed by atoms with Crippen LogP contribution in [0.4, 0.5) is 0 Å². The Morgan fingerprint density at radius 1 is 1.35 bits per heavy atom. The van der Waals surface area contributed by atoms with E-state index in [2.05, 4.69) is 6.92 Å². The molecule has 1 atom stereocenters. The summed E-state index contributed by atoms with van der Waals surface area (Å²) in [5, 5.41) is 0. The Morgan fingerprint density at radius 3 is 2.75 bits per heavy atom. The summed E-state index contributed by atoms with van der Waals surface area (Å²) >= 11 is 0. The SMILES string of the molecule is CCCC1CC(=O)N(CC(=O)c2ccc(C)cc2C)C1. The molecule has 3 heteroatoms. The van der Waals surface area contributed by atoms with Crippen molar-refractivity contribution < 1.29 is 9.59 Å². The van der Waals surface area contributed by atoms with Gasteiger partial charge in [0.25, 0.3) is 0 Å². The number of hydrogen-bond acceptors (Lipinski definition) is 2. The van der Waals surface area contributed by atoms with Gasteiger partial charge in [-0.1, -0.05) is 37.1 Å². The number of aryl methyl sites for hydroxylation is 2. The van der Waals surface area contributed by atoms with Gasteiger partial charge in [-0.3, -0.25) is 9.59 Å². The van der Waals surface area contributed by atoms with E-state index in [1.54, 1.807) is 4.90 Å². The first-order valence-corrected chi connectivity index (χ1v) is 7.39. The fourth-order valence-corrected chi connectivity index (χ4v) is 2.99. The van der Waals surface area contributed by atoms with Crippen molar-refractivity contribution in [2.24, 2.45) is 5.92 Å². The van der Waals surface area contributed by atoms with Crippen LogP contribution in [0.25, 0.3) is 0 Å². The van der Waals surface area contributed by atoms with Gasteiger partial charge >= 0.3 is 0 Å². The van der Waals surface area contributed by atoms with Crippen LogP contribution in [0.3, 0.4) is 0 Å². The normalized spacial score (nSPS) is 18.6. The summed E-state index contributed by atoms with van der Waals surface area (Å²) in [4.78, 5) is 26.0. The zero-order chi connectivity index (χ0) is 14.7. The van der Waals surface area contributed by atoms with E-state index >= 15 is 0 Å². The van der Waals surface area contributed by atoms with E-state index in [4.69, 9.17) is 0 Å². The van der Waals surface area contributed by atoms with Crippen LogP contribution in [0.5, 0.6) is 0 Å². The Bertz CT molecular complexity index is 522. The van der Waals surface area contributed by atoms with Crippen LogP contribution >= 0.6 is 0 Å². The van der Waals surface area contributed by atoms with Crippen LogP contribution < -0.4 is 0 Å². The molecular weight excluding hydrogens is 250 g/mol. The van der Waals surface area contributed by atoms with Crippen molar-refractivity contribution >= 4 is 11.7 Å². The van der Waals surface area contributed by atoms with E-state index in [0.717, 1.165) is 36.1 Å². The molecule has 20 heavy (non-hydrogen) atoms. The molecule has 1 heterocycles. The summed E-state index contributed by atoms with van der Waals surface area (Å²) in [6.45, 7) is 7.06. The van der Waals surface area contributed by atoms with Gasteiger partial charge in [-0.2, -0.15) is 0 Å². The number of amides is 1. The topological polar surface area (TPSA) is 37.4 Å². The van der Waals surface area contributed by atoms with Crippen molar-refractivity contribution in [3.05, 3.63) is 34.9 Å². The highest BCUT2D eigenvalue weighted by Crippen LogP contribution is 2.22. The van der Waals surface area contributed by atoms with Crippen LogP contribution in [0.15, 0.2) is 18.2 Å². The lowest BCUT2D eigenvalue weighted by molar-refractivity contribution is -0.127. The zero-order valence-corrected chi connectivity index (χ0v) is 12.6. The Labute approximate surface area is 121 Å². The molecule has 0 spiro atoms. The summed E-state index contributed by atoms with van der Waals surface area (Å²) in [5.41, 5.74) is 2.88. The minimum absolute atomic E-state index is 0.0491. The highest BCUT2D eigenvalue weighted by Gasteiger charge is 2.30. The predicted octanol–water partition coefficient (Wildman–Crippen LogP) is 3.13. The Morgan fingerprint density at radius 2 is 2.10 bits per heavy atom. The fourth-order valence-electron chi connectivity index (χ4n) is 2.99. The van der Waals surface area contributed by atoms with Crippen LogP contribution in [-0.4, -0.2) is 29.7 Å². The molecule has 0 aliphatic carbocycles. The molecule has 1 saturated heterocycles. The van der Waals surface area contributed by atoms with E-state index in [0.29, 0.717) is 12.3 Å². The predicted molar refractivity (Wildman–Crippen MR) is 79.8 cm³/mol. The van der Waals surface area contributed by atoms with Crippen molar-refractivity contribution in [3.8, 4) is 0 Å². The molecule has 1 amide bonds. The second-order valence-electron chi connectivity index (χ2n) is 5.87. The molecule has 2 rings (SSSR count). The average molecular weight is 273 g/mol. The number of hydrogen-bond donors (Lipinski definition) is 0. The summed E-state index contributed by atoms with van der Waals surface area (Å²) in [6.07, 6.45) is 2.77. The third kappa shape index (κ3) is 3.27. The summed E-state index contributed by atoms with van der Waals surface area (Å²) in [5.74, 6) is 0.606. The first kappa shape index (κ1) is 14.8. The highest BCUT2D eigenvalue weighted by atomic mass is 16.2. The largest absolute Gasteiger partial charge is 0.335 e. The average Bonchev–Trinajstić information content (AvgIpc) is 2.70. The molecule has 0 bridgehead atoms. The lowest BCUT2D eigenvalue weighted by Gasteiger charge is -2.16. The number of carbonyl (C=O) groups is 2.